The summed E-state index contributed by atoms with van der Waals surface area (Å²) in [6.07, 6.45) is 0. The van der Waals surface area contributed by atoms with E-state index in [1.807, 2.05) is 0 Å². The molecule has 0 fully saturated rings. The summed E-state index contributed by atoms with van der Waals surface area (Å²) in [6, 6.07) is 13.0. The van der Waals surface area contributed by atoms with Crippen molar-refractivity contribution in [3.63, 3.8) is 0 Å². The van der Waals surface area contributed by atoms with Gasteiger partial charge < -0.3 is 14.8 Å². The zero-order valence-electron chi connectivity index (χ0n) is 15.7. The van der Waals surface area contributed by atoms with Crippen molar-refractivity contribution in [1.29, 1.82) is 0 Å². The second-order valence-corrected chi connectivity index (χ2v) is 7.80. The molecule has 2 aromatic carbocycles. The van der Waals surface area contributed by atoms with Crippen LogP contribution in [0.1, 0.15) is 31.1 Å². The molecule has 0 saturated heterocycles. The second-order valence-electron chi connectivity index (χ2n) is 6.74. The van der Waals surface area contributed by atoms with Crippen LogP contribution in [0.4, 0.5) is 20.2 Å². The van der Waals surface area contributed by atoms with E-state index in [2.05, 4.69) is 5.32 Å². The molecule has 0 amide bonds. The number of halogens is 2. The summed E-state index contributed by atoms with van der Waals surface area (Å²) in [4.78, 5) is 24.5. The van der Waals surface area contributed by atoms with Gasteiger partial charge in [0.2, 0.25) is 0 Å². The summed E-state index contributed by atoms with van der Waals surface area (Å²) in [5.74, 6) is -3.81. The number of rotatable bonds is 7. The first-order valence-electron chi connectivity index (χ1n) is 8.44. The van der Waals surface area contributed by atoms with Gasteiger partial charge in [-0.2, -0.15) is 8.78 Å². The average molecular weight is 409 g/mol. The molecule has 0 atom stereocenters. The molecule has 2 aromatic rings. The standard InChI is InChI=1S/C20H21F2NO4S/c1-20(2,3)27-17(24)12-26-18(25)15-6-4-5-7-16(15)23-13-8-10-14(11-9-13)28-19(21)22/h4-11,19,23H,12H2,1-3H3. The lowest BCUT2D eigenvalue weighted by Gasteiger charge is -2.19. The Labute approximate surface area is 166 Å². The van der Waals surface area contributed by atoms with Gasteiger partial charge in [-0.1, -0.05) is 23.9 Å². The van der Waals surface area contributed by atoms with Crippen LogP contribution in [0.25, 0.3) is 0 Å². The van der Waals surface area contributed by atoms with Gasteiger partial charge in [0.1, 0.15) is 5.60 Å². The molecule has 0 aliphatic carbocycles. The summed E-state index contributed by atoms with van der Waals surface area (Å²) in [7, 11) is 0. The molecule has 2 rings (SSSR count). The van der Waals surface area contributed by atoms with Crippen molar-refractivity contribution < 1.29 is 27.8 Å². The fourth-order valence-electron chi connectivity index (χ4n) is 2.22. The number of alkyl halides is 2. The molecule has 0 bridgehead atoms. The Morgan fingerprint density at radius 1 is 1.07 bits per heavy atom. The van der Waals surface area contributed by atoms with Gasteiger partial charge in [-0.3, -0.25) is 0 Å². The van der Waals surface area contributed by atoms with E-state index in [9.17, 15) is 18.4 Å². The summed E-state index contributed by atoms with van der Waals surface area (Å²) in [5.41, 5.74) is 0.645. The SMILES string of the molecule is CC(C)(C)OC(=O)COC(=O)c1ccccc1Nc1ccc(SC(F)F)cc1. The molecule has 150 valence electrons. The highest BCUT2D eigenvalue weighted by atomic mass is 32.2. The smallest absolute Gasteiger partial charge is 0.344 e. The maximum Gasteiger partial charge on any atom is 0.344 e. The number of carbonyl (C=O) groups is 2. The number of carbonyl (C=O) groups excluding carboxylic acids is 2. The van der Waals surface area contributed by atoms with E-state index in [0.29, 0.717) is 28.0 Å². The first kappa shape index (κ1) is 21.7. The number of hydrogen-bond donors (Lipinski definition) is 1. The molecule has 0 spiro atoms. The fraction of sp³-hybridized carbons (Fsp3) is 0.300. The number of hydrogen-bond acceptors (Lipinski definition) is 6. The number of anilines is 2. The van der Waals surface area contributed by atoms with Gasteiger partial charge in [0.05, 0.1) is 11.3 Å². The topological polar surface area (TPSA) is 64.6 Å². The van der Waals surface area contributed by atoms with Crippen LogP contribution in [0.15, 0.2) is 53.4 Å². The number of thioether (sulfide) groups is 1. The number of esters is 2. The molecular formula is C20H21F2NO4S. The summed E-state index contributed by atoms with van der Waals surface area (Å²) in [6.45, 7) is 4.66. The minimum absolute atomic E-state index is 0.233. The monoisotopic (exact) mass is 409 g/mol. The van der Waals surface area contributed by atoms with Crippen LogP contribution in [-0.4, -0.2) is 29.9 Å². The first-order valence-corrected chi connectivity index (χ1v) is 9.32. The van der Waals surface area contributed by atoms with Gasteiger partial charge in [-0.05, 0) is 57.2 Å². The number of ether oxygens (including phenoxy) is 2. The largest absolute Gasteiger partial charge is 0.457 e. The van der Waals surface area contributed by atoms with Gasteiger partial charge in [0, 0.05) is 10.6 Å². The lowest BCUT2D eigenvalue weighted by atomic mass is 10.1. The Hall–Kier alpha value is -2.61. The van der Waals surface area contributed by atoms with Crippen molar-refractivity contribution in [3.05, 3.63) is 54.1 Å². The van der Waals surface area contributed by atoms with Crippen molar-refractivity contribution in [2.24, 2.45) is 0 Å². The zero-order valence-corrected chi connectivity index (χ0v) is 16.5. The Bertz CT molecular complexity index is 820. The van der Waals surface area contributed by atoms with Crippen molar-refractivity contribution >= 4 is 35.1 Å². The minimum Gasteiger partial charge on any atom is -0.457 e. The molecule has 8 heteroatoms. The van der Waals surface area contributed by atoms with Crippen LogP contribution >= 0.6 is 11.8 Å². The molecule has 5 nitrogen and oxygen atoms in total. The minimum atomic E-state index is -2.49. The predicted molar refractivity (Wildman–Crippen MR) is 104 cm³/mol. The van der Waals surface area contributed by atoms with Gasteiger partial charge in [-0.15, -0.1) is 0 Å². The summed E-state index contributed by atoms with van der Waals surface area (Å²) >= 11 is 0.455. The van der Waals surface area contributed by atoms with E-state index in [0.717, 1.165) is 0 Å². The van der Waals surface area contributed by atoms with Gasteiger partial charge in [-0.25, -0.2) is 9.59 Å². The van der Waals surface area contributed by atoms with Crippen molar-refractivity contribution in [1.82, 2.24) is 0 Å². The van der Waals surface area contributed by atoms with Crippen LogP contribution in [0, 0.1) is 0 Å². The van der Waals surface area contributed by atoms with Gasteiger partial charge in [0.25, 0.3) is 5.76 Å². The van der Waals surface area contributed by atoms with E-state index >= 15 is 0 Å². The van der Waals surface area contributed by atoms with E-state index < -0.39 is 29.9 Å². The summed E-state index contributed by atoms with van der Waals surface area (Å²) < 4.78 is 34.9. The average Bonchev–Trinajstić information content (AvgIpc) is 2.60. The third kappa shape index (κ3) is 7.19. The van der Waals surface area contributed by atoms with E-state index in [4.69, 9.17) is 9.47 Å². The lowest BCUT2D eigenvalue weighted by molar-refractivity contribution is -0.158. The van der Waals surface area contributed by atoms with Crippen LogP contribution in [0.3, 0.4) is 0 Å². The Balaban J connectivity index is 2.04. The third-order valence-corrected chi connectivity index (χ3v) is 3.97. The molecular weight excluding hydrogens is 388 g/mol. The molecule has 1 N–H and O–H groups in total. The molecule has 0 heterocycles. The maximum absolute atomic E-state index is 12.4. The molecule has 0 saturated carbocycles. The molecule has 0 radical (unpaired) electrons. The number of benzene rings is 2. The fourth-order valence-corrected chi connectivity index (χ4v) is 2.72. The van der Waals surface area contributed by atoms with Crippen molar-refractivity contribution in [2.45, 2.75) is 37.0 Å². The van der Waals surface area contributed by atoms with Gasteiger partial charge >= 0.3 is 11.9 Å². The third-order valence-electron chi connectivity index (χ3n) is 3.25. The van der Waals surface area contributed by atoms with Crippen LogP contribution < -0.4 is 5.32 Å². The molecule has 0 aromatic heterocycles. The first-order chi connectivity index (χ1) is 13.1. The van der Waals surface area contributed by atoms with E-state index in [1.165, 1.54) is 0 Å². The Morgan fingerprint density at radius 2 is 1.71 bits per heavy atom. The van der Waals surface area contributed by atoms with Crippen LogP contribution in [-0.2, 0) is 14.3 Å². The van der Waals surface area contributed by atoms with Crippen molar-refractivity contribution in [2.75, 3.05) is 11.9 Å². The molecule has 28 heavy (non-hydrogen) atoms. The predicted octanol–water partition coefficient (Wildman–Crippen LogP) is 5.24. The van der Waals surface area contributed by atoms with Crippen LogP contribution in [0.5, 0.6) is 0 Å². The Morgan fingerprint density at radius 3 is 2.32 bits per heavy atom. The van der Waals surface area contributed by atoms with Crippen LogP contribution in [0.2, 0.25) is 0 Å². The normalized spacial score (nSPS) is 11.2. The summed E-state index contributed by atoms with van der Waals surface area (Å²) in [5, 5.41) is 3.05. The highest BCUT2D eigenvalue weighted by Gasteiger charge is 2.19. The molecule has 0 aliphatic rings. The highest BCUT2D eigenvalue weighted by molar-refractivity contribution is 7.99. The molecule has 0 unspecified atom stereocenters. The quantitative estimate of drug-likeness (QED) is 0.498. The highest BCUT2D eigenvalue weighted by Crippen LogP contribution is 2.28. The second kappa shape index (κ2) is 9.54. The molecule has 0 aliphatic heterocycles. The number of nitrogens with one attached hydrogen (secondary N) is 1. The number of para-hydroxylation sites is 1. The van der Waals surface area contributed by atoms with E-state index in [-0.39, 0.29) is 5.56 Å². The Kier molecular flexibility index (Phi) is 7.39. The van der Waals surface area contributed by atoms with Gasteiger partial charge in [0.15, 0.2) is 6.61 Å². The zero-order chi connectivity index (χ0) is 20.7. The maximum atomic E-state index is 12.4. The lowest BCUT2D eigenvalue weighted by Crippen LogP contribution is -2.27. The van der Waals surface area contributed by atoms with E-state index in [1.54, 1.807) is 69.3 Å². The van der Waals surface area contributed by atoms with Crippen molar-refractivity contribution in [3.8, 4) is 0 Å².